The lowest BCUT2D eigenvalue weighted by molar-refractivity contribution is -0.545. The minimum Gasteiger partial charge on any atom is -0.372 e. The van der Waals surface area contributed by atoms with Gasteiger partial charge in [-0.2, -0.15) is 5.26 Å². The summed E-state index contributed by atoms with van der Waals surface area (Å²) in [6.45, 7) is 6.71. The van der Waals surface area contributed by atoms with Crippen molar-refractivity contribution in [2.24, 2.45) is 5.92 Å². The number of allylic oxidation sites excluding steroid dienone is 3. The van der Waals surface area contributed by atoms with Crippen molar-refractivity contribution in [2.75, 3.05) is 18.0 Å². The van der Waals surface area contributed by atoms with Gasteiger partial charge in [-0.3, -0.25) is 10.1 Å². The lowest BCUT2D eigenvalue weighted by Crippen LogP contribution is -2.42. The van der Waals surface area contributed by atoms with E-state index >= 15 is 0 Å². The zero-order valence-electron chi connectivity index (χ0n) is 38.2. The van der Waals surface area contributed by atoms with Gasteiger partial charge in [-0.05, 0) is 53.8 Å². The smallest absolute Gasteiger partial charge is 0.278 e. The Balaban J connectivity index is 1.49. The topological polar surface area (TPSA) is 70.2 Å². The number of nitrogens with zero attached hydrogens (tertiary/aromatic N) is 3. The van der Waals surface area contributed by atoms with Crippen LogP contribution in [0.3, 0.4) is 0 Å². The first kappa shape index (κ1) is 50.4. The summed E-state index contributed by atoms with van der Waals surface area (Å²) in [5, 5.41) is 22.6. The van der Waals surface area contributed by atoms with E-state index < -0.39 is 11.5 Å². The predicted molar refractivity (Wildman–Crippen MR) is 260 cm³/mol. The molecule has 0 N–H and O–H groups in total. The van der Waals surface area contributed by atoms with Gasteiger partial charge in [0.25, 0.3) is 5.54 Å². The van der Waals surface area contributed by atoms with Crippen LogP contribution in [0.25, 0.3) is 12.2 Å². The monoisotopic (exact) mass is 818 g/mol. The summed E-state index contributed by atoms with van der Waals surface area (Å²) >= 11 is 0. The second kappa shape index (κ2) is 32.8. The molecule has 3 rings (SSSR count). The van der Waals surface area contributed by atoms with Gasteiger partial charge in [-0.1, -0.05) is 254 Å². The second-order valence-corrected chi connectivity index (χ2v) is 17.6. The largest absolute Gasteiger partial charge is 0.372 e. The van der Waals surface area contributed by atoms with Crippen LogP contribution in [0.1, 0.15) is 205 Å². The Labute approximate surface area is 367 Å². The molecule has 0 spiro atoms. The Morgan fingerprint density at radius 3 is 1.42 bits per heavy atom. The maximum Gasteiger partial charge on any atom is 0.278 e. The first-order valence-electron chi connectivity index (χ1n) is 24.7. The Morgan fingerprint density at radius 2 is 1.00 bits per heavy atom. The van der Waals surface area contributed by atoms with Crippen molar-refractivity contribution in [3.63, 3.8) is 0 Å². The quantitative estimate of drug-likeness (QED) is 0.0390. The fourth-order valence-corrected chi connectivity index (χ4v) is 8.51. The zero-order chi connectivity index (χ0) is 42.8. The molecule has 2 unspecified atom stereocenters. The van der Waals surface area contributed by atoms with Gasteiger partial charge in [0.15, 0.2) is 0 Å². The second-order valence-electron chi connectivity index (χ2n) is 17.6. The lowest BCUT2D eigenvalue weighted by Gasteiger charge is -2.26. The molecule has 5 nitrogen and oxygen atoms in total. The minimum absolute atomic E-state index is 0.328. The molecule has 2 atom stereocenters. The molecular weight excluding hydrogens is 735 g/mol. The van der Waals surface area contributed by atoms with E-state index in [1.54, 1.807) is 24.3 Å². The summed E-state index contributed by atoms with van der Waals surface area (Å²) in [6, 6.07) is 20.6. The third-order valence-corrected chi connectivity index (χ3v) is 12.5. The van der Waals surface area contributed by atoms with Crippen LogP contribution in [0.5, 0.6) is 0 Å². The van der Waals surface area contributed by atoms with Gasteiger partial charge in [-0.15, -0.1) is 0 Å². The van der Waals surface area contributed by atoms with E-state index in [0.29, 0.717) is 0 Å². The summed E-state index contributed by atoms with van der Waals surface area (Å²) in [5.41, 5.74) is 2.33. The van der Waals surface area contributed by atoms with Gasteiger partial charge < -0.3 is 4.90 Å². The van der Waals surface area contributed by atoms with Gasteiger partial charge in [0.1, 0.15) is 5.92 Å². The van der Waals surface area contributed by atoms with E-state index in [0.717, 1.165) is 29.8 Å². The number of unbranched alkanes of at least 4 members (excludes halogenated alkanes) is 26. The van der Waals surface area contributed by atoms with Crippen molar-refractivity contribution in [1.29, 1.82) is 5.26 Å². The Hall–Kier alpha value is -3.91. The summed E-state index contributed by atoms with van der Waals surface area (Å²) in [6.07, 6.45) is 50.6. The van der Waals surface area contributed by atoms with E-state index in [1.165, 1.54) is 185 Å². The van der Waals surface area contributed by atoms with Crippen LogP contribution in [0.15, 0.2) is 90.6 Å². The molecule has 2 aromatic carbocycles. The number of benzene rings is 2. The van der Waals surface area contributed by atoms with Crippen LogP contribution in [-0.4, -0.2) is 23.6 Å². The zero-order valence-corrected chi connectivity index (χ0v) is 38.2. The van der Waals surface area contributed by atoms with Crippen LogP contribution in [0, 0.1) is 27.4 Å². The maximum atomic E-state index is 12.5. The lowest BCUT2D eigenvalue weighted by atomic mass is 9.79. The molecule has 1 aliphatic carbocycles. The van der Waals surface area contributed by atoms with E-state index in [9.17, 15) is 15.4 Å². The Kier molecular flexibility index (Phi) is 27.6. The van der Waals surface area contributed by atoms with Crippen LogP contribution in [-0.2, 0) is 0 Å². The third-order valence-electron chi connectivity index (χ3n) is 12.5. The number of nitro groups is 1. The van der Waals surface area contributed by atoms with Gasteiger partial charge in [0, 0.05) is 23.7 Å². The Bertz CT molecular complexity index is 1520. The van der Waals surface area contributed by atoms with E-state index in [4.69, 9.17) is 0 Å². The molecule has 2 aromatic rings. The molecule has 0 saturated heterocycles. The molecule has 5 heteroatoms. The molecule has 0 aromatic heterocycles. The van der Waals surface area contributed by atoms with Gasteiger partial charge >= 0.3 is 0 Å². The van der Waals surface area contributed by atoms with E-state index in [-0.39, 0.29) is 4.92 Å². The third kappa shape index (κ3) is 21.1. The van der Waals surface area contributed by atoms with Crippen molar-refractivity contribution in [3.8, 4) is 6.07 Å². The predicted octanol–water partition coefficient (Wildman–Crippen LogP) is 16.8. The molecular formula is C55H83N3O2. The number of hydrogen-bond donors (Lipinski definition) is 0. The summed E-state index contributed by atoms with van der Waals surface area (Å²) in [5.74, 6) is -0.922. The van der Waals surface area contributed by atoms with Crippen LogP contribution in [0.2, 0.25) is 0 Å². The highest BCUT2D eigenvalue weighted by Gasteiger charge is 2.47. The van der Waals surface area contributed by atoms with Gasteiger partial charge in [0.2, 0.25) is 0 Å². The molecule has 0 heterocycles. The first-order valence-corrected chi connectivity index (χ1v) is 24.7. The minimum atomic E-state index is -1.62. The standard InChI is InChI=1S/C55H83N3O2/c1-3-5-7-9-11-13-15-17-19-21-23-25-27-32-46-57(47-33-28-26-24-22-20-18-16-14-12-10-8-6-4-2)54-40-38-51(39-41-54)42-44-55(58(59)60)45-43-52(48-53(55)49-56)37-36-50-34-30-29-31-35-50/h29-31,34-45,48,53H,3-28,32-33,46-47H2,1-2H3. The van der Waals surface area contributed by atoms with Gasteiger partial charge in [-0.25, -0.2) is 0 Å². The normalized spacial score (nSPS) is 16.4. The Morgan fingerprint density at radius 1 is 0.583 bits per heavy atom. The molecule has 60 heavy (non-hydrogen) atoms. The highest BCUT2D eigenvalue weighted by Crippen LogP contribution is 2.33. The number of rotatable bonds is 36. The molecule has 0 saturated carbocycles. The summed E-state index contributed by atoms with van der Waals surface area (Å²) in [4.78, 5) is 14.8. The average Bonchev–Trinajstić information content (AvgIpc) is 3.27. The van der Waals surface area contributed by atoms with E-state index in [2.05, 4.69) is 49.1 Å². The molecule has 0 aliphatic heterocycles. The molecule has 0 bridgehead atoms. The van der Waals surface area contributed by atoms with Crippen LogP contribution in [0.4, 0.5) is 5.69 Å². The van der Waals surface area contributed by atoms with Crippen molar-refractivity contribution in [2.45, 2.75) is 199 Å². The van der Waals surface area contributed by atoms with Crippen molar-refractivity contribution in [1.82, 2.24) is 0 Å². The maximum absolute atomic E-state index is 12.5. The molecule has 0 fully saturated rings. The highest BCUT2D eigenvalue weighted by molar-refractivity contribution is 5.60. The highest BCUT2D eigenvalue weighted by atomic mass is 16.6. The SMILES string of the molecule is CCCCCCCCCCCCCCCCN(CCCCCCCCCCCCCCCC)c1ccc(C=CC2([N+](=O)[O-])C=CC(C=Cc3ccccc3)=CC2C#N)cc1. The summed E-state index contributed by atoms with van der Waals surface area (Å²) in [7, 11) is 0. The molecule has 330 valence electrons. The van der Waals surface area contributed by atoms with Crippen molar-refractivity contribution in [3.05, 3.63) is 112 Å². The van der Waals surface area contributed by atoms with Crippen LogP contribution < -0.4 is 4.90 Å². The molecule has 0 amide bonds. The number of nitriles is 1. The van der Waals surface area contributed by atoms with Crippen molar-refractivity contribution >= 4 is 17.8 Å². The van der Waals surface area contributed by atoms with Gasteiger partial charge in [0.05, 0.1) is 6.07 Å². The number of anilines is 1. The van der Waals surface area contributed by atoms with E-state index in [1.807, 2.05) is 48.6 Å². The molecule has 1 aliphatic rings. The average molecular weight is 818 g/mol. The summed E-state index contributed by atoms with van der Waals surface area (Å²) < 4.78 is 0. The molecule has 0 radical (unpaired) electrons. The first-order chi connectivity index (χ1) is 29.5. The van der Waals surface area contributed by atoms with Crippen LogP contribution >= 0.6 is 0 Å². The fraction of sp³-hybridized carbons (Fsp3) is 0.618. The van der Waals surface area contributed by atoms with Crippen molar-refractivity contribution < 1.29 is 4.92 Å². The number of hydrogen-bond acceptors (Lipinski definition) is 4. The fourth-order valence-electron chi connectivity index (χ4n) is 8.51.